The highest BCUT2D eigenvalue weighted by molar-refractivity contribution is 6.30. The normalized spacial score (nSPS) is 19.5. The Morgan fingerprint density at radius 3 is 2.95 bits per heavy atom. The number of nitrogens with one attached hydrogen (secondary N) is 1. The number of carbonyl (C=O) groups excluding carboxylic acids is 1. The van der Waals surface area contributed by atoms with Gasteiger partial charge in [0.05, 0.1) is 0 Å². The van der Waals surface area contributed by atoms with Crippen molar-refractivity contribution >= 4 is 17.5 Å². The molecule has 1 N–H and O–H groups in total. The van der Waals surface area contributed by atoms with Gasteiger partial charge in [-0.2, -0.15) is 0 Å². The summed E-state index contributed by atoms with van der Waals surface area (Å²) >= 11 is 5.92. The van der Waals surface area contributed by atoms with E-state index in [0.29, 0.717) is 24.2 Å². The molecule has 2 rings (SSSR count). The van der Waals surface area contributed by atoms with Crippen LogP contribution in [0.4, 0.5) is 4.39 Å². The summed E-state index contributed by atoms with van der Waals surface area (Å²) in [7, 11) is 0. The molecule has 1 aliphatic rings. The lowest BCUT2D eigenvalue weighted by atomic mass is 9.98. The van der Waals surface area contributed by atoms with E-state index in [2.05, 4.69) is 10.2 Å². The van der Waals surface area contributed by atoms with Crippen LogP contribution in [0.5, 0.6) is 0 Å². The molecule has 0 radical (unpaired) electrons. The molecule has 0 spiro atoms. The Morgan fingerprint density at radius 2 is 2.24 bits per heavy atom. The van der Waals surface area contributed by atoms with Crippen LogP contribution in [0, 0.1) is 5.82 Å². The van der Waals surface area contributed by atoms with E-state index >= 15 is 0 Å². The zero-order valence-electron chi connectivity index (χ0n) is 12.4. The first-order valence-electron chi connectivity index (χ1n) is 7.48. The van der Waals surface area contributed by atoms with Crippen LogP contribution >= 0.6 is 11.6 Å². The molecular formula is C16H22ClFN2O. The van der Waals surface area contributed by atoms with Gasteiger partial charge in [-0.1, -0.05) is 18.0 Å². The number of benzene rings is 1. The summed E-state index contributed by atoms with van der Waals surface area (Å²) in [5.41, 5.74) is 0.909. The van der Waals surface area contributed by atoms with Gasteiger partial charge in [-0.25, -0.2) is 4.39 Å². The zero-order valence-corrected chi connectivity index (χ0v) is 13.1. The largest absolute Gasteiger partial charge is 0.356 e. The van der Waals surface area contributed by atoms with Gasteiger partial charge in [-0.3, -0.25) is 9.69 Å². The van der Waals surface area contributed by atoms with E-state index in [9.17, 15) is 9.18 Å². The quantitative estimate of drug-likeness (QED) is 0.904. The SMILES string of the molecule is CC(=O)NCC[C@@H]1CCCCN1Cc1cc(F)cc(Cl)c1. The van der Waals surface area contributed by atoms with Gasteiger partial charge in [-0.05, 0) is 49.6 Å². The smallest absolute Gasteiger partial charge is 0.216 e. The van der Waals surface area contributed by atoms with Crippen molar-refractivity contribution in [2.24, 2.45) is 0 Å². The van der Waals surface area contributed by atoms with Gasteiger partial charge in [0, 0.05) is 31.1 Å². The predicted molar refractivity (Wildman–Crippen MR) is 82.8 cm³/mol. The Morgan fingerprint density at radius 1 is 1.43 bits per heavy atom. The Labute approximate surface area is 130 Å². The molecule has 0 unspecified atom stereocenters. The van der Waals surface area contributed by atoms with Crippen molar-refractivity contribution in [1.82, 2.24) is 10.2 Å². The fourth-order valence-electron chi connectivity index (χ4n) is 2.95. The number of rotatable bonds is 5. The molecule has 1 atom stereocenters. The lowest BCUT2D eigenvalue weighted by molar-refractivity contribution is -0.119. The van der Waals surface area contributed by atoms with Gasteiger partial charge in [0.2, 0.25) is 5.91 Å². The molecule has 1 fully saturated rings. The third-order valence-corrected chi connectivity index (χ3v) is 4.13. The Bertz CT molecular complexity index is 475. The van der Waals surface area contributed by atoms with Crippen molar-refractivity contribution in [3.63, 3.8) is 0 Å². The number of amides is 1. The summed E-state index contributed by atoms with van der Waals surface area (Å²) < 4.78 is 13.4. The van der Waals surface area contributed by atoms with Gasteiger partial charge in [0.25, 0.3) is 0 Å². The molecule has 5 heteroatoms. The van der Waals surface area contributed by atoms with E-state index in [1.54, 1.807) is 6.07 Å². The lowest BCUT2D eigenvalue weighted by Gasteiger charge is -2.36. The number of nitrogens with zero attached hydrogens (tertiary/aromatic N) is 1. The van der Waals surface area contributed by atoms with Crippen molar-refractivity contribution in [3.8, 4) is 0 Å². The lowest BCUT2D eigenvalue weighted by Crippen LogP contribution is -2.41. The molecule has 1 amide bonds. The van der Waals surface area contributed by atoms with E-state index in [0.717, 1.165) is 24.9 Å². The summed E-state index contributed by atoms with van der Waals surface area (Å²) in [4.78, 5) is 13.3. The summed E-state index contributed by atoms with van der Waals surface area (Å²) in [5.74, 6) is -0.279. The summed E-state index contributed by atoms with van der Waals surface area (Å²) in [6, 6.07) is 5.14. The molecule has 1 aliphatic heterocycles. The molecule has 1 aromatic carbocycles. The van der Waals surface area contributed by atoms with E-state index in [4.69, 9.17) is 11.6 Å². The Balaban J connectivity index is 1.96. The van der Waals surface area contributed by atoms with Gasteiger partial charge < -0.3 is 5.32 Å². The van der Waals surface area contributed by atoms with Crippen LogP contribution < -0.4 is 5.32 Å². The Kier molecular flexibility index (Phi) is 6.00. The second kappa shape index (κ2) is 7.76. The van der Waals surface area contributed by atoms with Crippen LogP contribution in [0.1, 0.15) is 38.2 Å². The molecular weight excluding hydrogens is 291 g/mol. The fraction of sp³-hybridized carbons (Fsp3) is 0.562. The number of halogens is 2. The summed E-state index contributed by atoms with van der Waals surface area (Å²) in [6.07, 6.45) is 4.44. The first kappa shape index (κ1) is 16.2. The maximum absolute atomic E-state index is 13.4. The maximum atomic E-state index is 13.4. The van der Waals surface area contributed by atoms with E-state index in [1.165, 1.54) is 25.8 Å². The van der Waals surface area contributed by atoms with Crippen molar-refractivity contribution in [2.45, 2.75) is 45.2 Å². The molecule has 116 valence electrons. The highest BCUT2D eigenvalue weighted by atomic mass is 35.5. The standard InChI is InChI=1S/C16H22ClFN2O/c1-12(21)19-6-5-16-4-2-3-7-20(16)11-13-8-14(17)10-15(18)9-13/h8-10,16H,2-7,11H2,1H3,(H,19,21)/t16-/m0/s1. The molecule has 1 aromatic rings. The molecule has 21 heavy (non-hydrogen) atoms. The van der Waals surface area contributed by atoms with Crippen molar-refractivity contribution < 1.29 is 9.18 Å². The maximum Gasteiger partial charge on any atom is 0.216 e. The molecule has 0 aromatic heterocycles. The van der Waals surface area contributed by atoms with Crippen LogP contribution in [-0.4, -0.2) is 29.9 Å². The average Bonchev–Trinajstić information content (AvgIpc) is 2.39. The third kappa shape index (κ3) is 5.29. The number of likely N-dealkylation sites (tertiary alicyclic amines) is 1. The first-order chi connectivity index (χ1) is 10.0. The predicted octanol–water partition coefficient (Wildman–Crippen LogP) is 3.36. The molecule has 3 nitrogen and oxygen atoms in total. The van der Waals surface area contributed by atoms with Gasteiger partial charge in [-0.15, -0.1) is 0 Å². The van der Waals surface area contributed by atoms with Crippen LogP contribution in [0.25, 0.3) is 0 Å². The molecule has 1 saturated heterocycles. The highest BCUT2D eigenvalue weighted by Gasteiger charge is 2.22. The van der Waals surface area contributed by atoms with Gasteiger partial charge in [0.1, 0.15) is 5.82 Å². The van der Waals surface area contributed by atoms with Gasteiger partial charge in [0.15, 0.2) is 0 Å². The Hall–Kier alpha value is -1.13. The van der Waals surface area contributed by atoms with E-state index < -0.39 is 0 Å². The molecule has 0 saturated carbocycles. The van der Waals surface area contributed by atoms with Crippen LogP contribution in [0.3, 0.4) is 0 Å². The fourth-order valence-corrected chi connectivity index (χ4v) is 3.19. The average molecular weight is 313 g/mol. The minimum absolute atomic E-state index is 0.00858. The monoisotopic (exact) mass is 312 g/mol. The second-order valence-corrected chi connectivity index (χ2v) is 6.11. The van der Waals surface area contributed by atoms with E-state index in [-0.39, 0.29) is 11.7 Å². The van der Waals surface area contributed by atoms with E-state index in [1.807, 2.05) is 6.07 Å². The van der Waals surface area contributed by atoms with Crippen molar-refractivity contribution in [3.05, 3.63) is 34.6 Å². The number of piperidine rings is 1. The second-order valence-electron chi connectivity index (χ2n) is 5.67. The van der Waals surface area contributed by atoms with Crippen molar-refractivity contribution in [1.29, 1.82) is 0 Å². The number of hydrogen-bond donors (Lipinski definition) is 1. The van der Waals surface area contributed by atoms with Crippen molar-refractivity contribution in [2.75, 3.05) is 13.1 Å². The van der Waals surface area contributed by atoms with Crippen LogP contribution in [0.2, 0.25) is 5.02 Å². The number of hydrogen-bond acceptors (Lipinski definition) is 2. The zero-order chi connectivity index (χ0) is 15.2. The molecule has 1 heterocycles. The molecule has 0 aliphatic carbocycles. The third-order valence-electron chi connectivity index (χ3n) is 3.91. The highest BCUT2D eigenvalue weighted by Crippen LogP contribution is 2.23. The topological polar surface area (TPSA) is 32.3 Å². The first-order valence-corrected chi connectivity index (χ1v) is 7.86. The number of carbonyl (C=O) groups is 1. The van der Waals surface area contributed by atoms with Crippen LogP contribution in [0.15, 0.2) is 18.2 Å². The minimum atomic E-state index is -0.288. The minimum Gasteiger partial charge on any atom is -0.356 e. The summed E-state index contributed by atoms with van der Waals surface area (Å²) in [6.45, 7) is 3.95. The summed E-state index contributed by atoms with van der Waals surface area (Å²) in [5, 5.41) is 3.29. The molecule has 0 bridgehead atoms. The van der Waals surface area contributed by atoms with Gasteiger partial charge >= 0.3 is 0 Å². The van der Waals surface area contributed by atoms with Crippen LogP contribution in [-0.2, 0) is 11.3 Å².